The third-order valence-corrected chi connectivity index (χ3v) is 4.61. The first-order chi connectivity index (χ1) is 11.9. The number of benzene rings is 2. The van der Waals surface area contributed by atoms with Crippen molar-refractivity contribution in [2.75, 3.05) is 19.7 Å². The Morgan fingerprint density at radius 2 is 1.84 bits per heavy atom. The minimum Gasteiger partial charge on any atom is -0.488 e. The van der Waals surface area contributed by atoms with Gasteiger partial charge in [-0.1, -0.05) is 36.4 Å². The van der Waals surface area contributed by atoms with Gasteiger partial charge < -0.3 is 4.74 Å². The summed E-state index contributed by atoms with van der Waals surface area (Å²) in [6.07, 6.45) is -2.24. The molecule has 0 atom stereocenters. The van der Waals surface area contributed by atoms with Gasteiger partial charge in [-0.3, -0.25) is 4.90 Å². The summed E-state index contributed by atoms with van der Waals surface area (Å²) in [7, 11) is 0. The summed E-state index contributed by atoms with van der Waals surface area (Å²) in [4.78, 5) is 2.29. The van der Waals surface area contributed by atoms with Crippen molar-refractivity contribution in [2.45, 2.75) is 12.7 Å². The molecule has 0 saturated carbocycles. The summed E-state index contributed by atoms with van der Waals surface area (Å²) in [5.41, 5.74) is 1.69. The summed E-state index contributed by atoms with van der Waals surface area (Å²) in [6, 6.07) is 13.6. The predicted octanol–water partition coefficient (Wildman–Crippen LogP) is 5.29. The van der Waals surface area contributed by atoms with Crippen LogP contribution < -0.4 is 4.74 Å². The second-order valence-electron chi connectivity index (χ2n) is 5.95. The van der Waals surface area contributed by atoms with Crippen LogP contribution in [0.2, 0.25) is 0 Å². The van der Waals surface area contributed by atoms with Gasteiger partial charge in [0.05, 0.1) is 10.0 Å². The molecule has 1 aliphatic rings. The van der Waals surface area contributed by atoms with E-state index >= 15 is 0 Å². The van der Waals surface area contributed by atoms with Crippen molar-refractivity contribution in [3.05, 3.63) is 75.8 Å². The van der Waals surface area contributed by atoms with E-state index in [1.54, 1.807) is 0 Å². The van der Waals surface area contributed by atoms with Crippen LogP contribution in [0.1, 0.15) is 11.1 Å². The molecule has 132 valence electrons. The van der Waals surface area contributed by atoms with Gasteiger partial charge in [0, 0.05) is 19.6 Å². The molecule has 0 unspecified atom stereocenters. The Bertz CT molecular complexity index is 759. The lowest BCUT2D eigenvalue weighted by atomic mass is 10.2. The van der Waals surface area contributed by atoms with Gasteiger partial charge in [0.15, 0.2) is 0 Å². The molecular formula is C19H17BrF3NO. The SMILES string of the molecule is FC(F)(F)c1ccc(OCC2=CCN(Cc3ccccc3)C2)c(Br)c1. The maximum absolute atomic E-state index is 12.7. The minimum atomic E-state index is -4.35. The molecular weight excluding hydrogens is 395 g/mol. The van der Waals surface area contributed by atoms with Crippen molar-refractivity contribution in [2.24, 2.45) is 0 Å². The van der Waals surface area contributed by atoms with Crippen molar-refractivity contribution < 1.29 is 17.9 Å². The van der Waals surface area contributed by atoms with Gasteiger partial charge in [-0.15, -0.1) is 0 Å². The summed E-state index contributed by atoms with van der Waals surface area (Å²) < 4.78 is 44.0. The van der Waals surface area contributed by atoms with E-state index < -0.39 is 11.7 Å². The zero-order chi connectivity index (χ0) is 17.9. The van der Waals surface area contributed by atoms with Crippen molar-refractivity contribution in [1.82, 2.24) is 4.90 Å². The smallest absolute Gasteiger partial charge is 0.416 e. The van der Waals surface area contributed by atoms with Gasteiger partial charge >= 0.3 is 6.18 Å². The van der Waals surface area contributed by atoms with Crippen LogP contribution in [-0.4, -0.2) is 24.6 Å². The lowest BCUT2D eigenvalue weighted by Gasteiger charge is -2.16. The summed E-state index contributed by atoms with van der Waals surface area (Å²) in [5.74, 6) is 0.412. The number of nitrogens with zero attached hydrogens (tertiary/aromatic N) is 1. The van der Waals surface area contributed by atoms with Crippen molar-refractivity contribution in [3.8, 4) is 5.75 Å². The number of ether oxygens (including phenoxy) is 1. The molecule has 0 saturated heterocycles. The molecule has 0 spiro atoms. The Morgan fingerprint density at radius 1 is 1.08 bits per heavy atom. The van der Waals surface area contributed by atoms with Crippen LogP contribution in [0.25, 0.3) is 0 Å². The van der Waals surface area contributed by atoms with E-state index in [2.05, 4.69) is 39.0 Å². The molecule has 3 rings (SSSR count). The summed E-state index contributed by atoms with van der Waals surface area (Å²) in [6.45, 7) is 2.88. The number of halogens is 4. The van der Waals surface area contributed by atoms with Crippen molar-refractivity contribution in [1.29, 1.82) is 0 Å². The summed E-state index contributed by atoms with van der Waals surface area (Å²) in [5, 5.41) is 0. The van der Waals surface area contributed by atoms with Gasteiger partial charge in [0.2, 0.25) is 0 Å². The molecule has 0 N–H and O–H groups in total. The topological polar surface area (TPSA) is 12.5 Å². The third kappa shape index (κ3) is 4.86. The van der Waals surface area contributed by atoms with E-state index in [9.17, 15) is 13.2 Å². The first kappa shape index (κ1) is 18.0. The number of alkyl halides is 3. The van der Waals surface area contributed by atoms with E-state index in [1.807, 2.05) is 18.2 Å². The highest BCUT2D eigenvalue weighted by Gasteiger charge is 2.31. The molecule has 0 aliphatic carbocycles. The van der Waals surface area contributed by atoms with Crippen LogP contribution in [0.4, 0.5) is 13.2 Å². The van der Waals surface area contributed by atoms with Gasteiger partial charge in [-0.25, -0.2) is 0 Å². The molecule has 0 bridgehead atoms. The van der Waals surface area contributed by atoms with E-state index in [-0.39, 0.29) is 0 Å². The van der Waals surface area contributed by atoms with E-state index in [4.69, 9.17) is 4.74 Å². The number of hydrogen-bond acceptors (Lipinski definition) is 2. The average molecular weight is 412 g/mol. The van der Waals surface area contributed by atoms with Crippen LogP contribution in [0.15, 0.2) is 64.7 Å². The Balaban J connectivity index is 1.53. The Morgan fingerprint density at radius 3 is 2.52 bits per heavy atom. The van der Waals surface area contributed by atoms with Crippen LogP contribution in [0, 0.1) is 0 Å². The van der Waals surface area contributed by atoms with E-state index in [0.717, 1.165) is 37.3 Å². The Kier molecular flexibility index (Phi) is 5.49. The molecule has 0 fully saturated rings. The Hall–Kier alpha value is -1.79. The van der Waals surface area contributed by atoms with Gasteiger partial charge in [-0.05, 0) is 45.3 Å². The van der Waals surface area contributed by atoms with Gasteiger partial charge in [0.1, 0.15) is 12.4 Å². The second kappa shape index (κ2) is 7.62. The molecule has 6 heteroatoms. The fourth-order valence-electron chi connectivity index (χ4n) is 2.71. The average Bonchev–Trinajstić information content (AvgIpc) is 3.01. The third-order valence-electron chi connectivity index (χ3n) is 3.99. The maximum Gasteiger partial charge on any atom is 0.416 e. The summed E-state index contributed by atoms with van der Waals surface area (Å²) >= 11 is 3.15. The largest absolute Gasteiger partial charge is 0.488 e. The first-order valence-electron chi connectivity index (χ1n) is 7.85. The van der Waals surface area contributed by atoms with Crippen LogP contribution in [0.3, 0.4) is 0 Å². The zero-order valence-electron chi connectivity index (χ0n) is 13.4. The second-order valence-corrected chi connectivity index (χ2v) is 6.80. The minimum absolute atomic E-state index is 0.307. The molecule has 25 heavy (non-hydrogen) atoms. The molecule has 0 amide bonds. The fraction of sp³-hybridized carbons (Fsp3) is 0.263. The van der Waals surface area contributed by atoms with E-state index in [1.165, 1.54) is 11.6 Å². The fourth-order valence-corrected chi connectivity index (χ4v) is 3.20. The highest BCUT2D eigenvalue weighted by Crippen LogP contribution is 2.35. The molecule has 0 radical (unpaired) electrons. The van der Waals surface area contributed by atoms with Crippen LogP contribution >= 0.6 is 15.9 Å². The molecule has 2 aromatic carbocycles. The highest BCUT2D eigenvalue weighted by molar-refractivity contribution is 9.10. The lowest BCUT2D eigenvalue weighted by molar-refractivity contribution is -0.137. The van der Waals surface area contributed by atoms with Gasteiger partial charge in [0.25, 0.3) is 0 Å². The lowest BCUT2D eigenvalue weighted by Crippen LogP contribution is -2.21. The monoisotopic (exact) mass is 411 g/mol. The quantitative estimate of drug-likeness (QED) is 0.619. The van der Waals surface area contributed by atoms with Crippen LogP contribution in [-0.2, 0) is 12.7 Å². The molecule has 1 aliphatic heterocycles. The maximum atomic E-state index is 12.7. The van der Waals surface area contributed by atoms with Crippen LogP contribution in [0.5, 0.6) is 5.75 Å². The van der Waals surface area contributed by atoms with E-state index in [0.29, 0.717) is 16.8 Å². The first-order valence-corrected chi connectivity index (χ1v) is 8.65. The highest BCUT2D eigenvalue weighted by atomic mass is 79.9. The number of hydrogen-bond donors (Lipinski definition) is 0. The molecule has 2 aromatic rings. The van der Waals surface area contributed by atoms with Gasteiger partial charge in [-0.2, -0.15) is 13.2 Å². The predicted molar refractivity (Wildman–Crippen MR) is 94.4 cm³/mol. The zero-order valence-corrected chi connectivity index (χ0v) is 15.0. The van der Waals surface area contributed by atoms with Crippen molar-refractivity contribution in [3.63, 3.8) is 0 Å². The molecule has 2 nitrogen and oxygen atoms in total. The normalized spacial score (nSPS) is 15.3. The molecule has 1 heterocycles. The number of rotatable bonds is 5. The molecule has 0 aromatic heterocycles. The standard InChI is InChI=1S/C19H17BrF3NO/c20-17-10-16(19(21,22)23)6-7-18(17)25-13-15-8-9-24(12-15)11-14-4-2-1-3-5-14/h1-8,10H,9,11-13H2. The van der Waals surface area contributed by atoms with Crippen molar-refractivity contribution >= 4 is 15.9 Å². The Labute approximate surface area is 153 Å².